The summed E-state index contributed by atoms with van der Waals surface area (Å²) in [5, 5.41) is 1.03. The average Bonchev–Trinajstić information content (AvgIpc) is 2.27. The molecule has 1 saturated heterocycles. The van der Waals surface area contributed by atoms with Crippen LogP contribution in [0.15, 0.2) is 24.3 Å². The lowest BCUT2D eigenvalue weighted by Crippen LogP contribution is -2.11. The predicted octanol–water partition coefficient (Wildman–Crippen LogP) is 1.52. The minimum Gasteiger partial charge on any atom is -0.319 e. The molecule has 0 saturated carbocycles. The van der Waals surface area contributed by atoms with Crippen molar-refractivity contribution in [3.63, 3.8) is 0 Å². The number of hydrogen-bond donors (Lipinski definition) is 1. The summed E-state index contributed by atoms with van der Waals surface area (Å²) in [4.78, 5) is 0. The van der Waals surface area contributed by atoms with Crippen LogP contribution in [0.1, 0.15) is 6.42 Å². The number of allylic oxidation sites excluding steroid dienone is 3. The summed E-state index contributed by atoms with van der Waals surface area (Å²) in [6.07, 6.45) is 9.91. The van der Waals surface area contributed by atoms with Crippen molar-refractivity contribution in [1.82, 2.24) is 0 Å². The van der Waals surface area contributed by atoms with Crippen LogP contribution in [0.3, 0.4) is 0 Å². The quantitative estimate of drug-likeness (QED) is 0.571. The minimum absolute atomic E-state index is 0.363. The molecule has 54 valence electrons. The number of fused-ring (bicyclic) bond motifs is 1. The first-order valence-corrected chi connectivity index (χ1v) is 4.56. The molecular formula is C8H11NS. The maximum absolute atomic E-state index is 5.79. The third kappa shape index (κ3) is 1.02. The Morgan fingerprint density at radius 3 is 2.90 bits per heavy atom. The third-order valence-electron chi connectivity index (χ3n) is 2.03. The fraction of sp³-hybridized carbons (Fsp3) is 0.500. The number of rotatable bonds is 0. The standard InChI is InChI=1S/C8H11NS/c9-8-5-6-3-1-2-4-7(6)10-8/h1-4,6-8H,5,9H2. The van der Waals surface area contributed by atoms with Crippen LogP contribution in [0.5, 0.6) is 0 Å². The molecule has 0 spiro atoms. The highest BCUT2D eigenvalue weighted by molar-refractivity contribution is 8.00. The SMILES string of the molecule is NC1CC2C=CC=CC2S1. The fourth-order valence-electron chi connectivity index (χ4n) is 1.52. The van der Waals surface area contributed by atoms with Crippen LogP contribution in [0.2, 0.25) is 0 Å². The highest BCUT2D eigenvalue weighted by atomic mass is 32.2. The van der Waals surface area contributed by atoms with E-state index in [1.807, 2.05) is 11.8 Å². The lowest BCUT2D eigenvalue weighted by atomic mass is 9.97. The fourth-order valence-corrected chi connectivity index (χ4v) is 2.84. The van der Waals surface area contributed by atoms with Gasteiger partial charge in [0.25, 0.3) is 0 Å². The molecule has 3 unspecified atom stereocenters. The highest BCUT2D eigenvalue weighted by Crippen LogP contribution is 2.38. The van der Waals surface area contributed by atoms with Crippen molar-refractivity contribution in [1.29, 1.82) is 0 Å². The van der Waals surface area contributed by atoms with Crippen LogP contribution in [0.4, 0.5) is 0 Å². The van der Waals surface area contributed by atoms with Gasteiger partial charge in [-0.1, -0.05) is 24.3 Å². The Bertz CT molecular complexity index is 166. The number of nitrogens with two attached hydrogens (primary N) is 1. The van der Waals surface area contributed by atoms with E-state index in [-0.39, 0.29) is 0 Å². The Kier molecular flexibility index (Phi) is 1.58. The first-order valence-electron chi connectivity index (χ1n) is 3.62. The van der Waals surface area contributed by atoms with Crippen molar-refractivity contribution in [3.8, 4) is 0 Å². The molecule has 3 atom stereocenters. The van der Waals surface area contributed by atoms with Gasteiger partial charge in [0, 0.05) is 5.25 Å². The topological polar surface area (TPSA) is 26.0 Å². The molecule has 1 nitrogen and oxygen atoms in total. The zero-order valence-corrected chi connectivity index (χ0v) is 6.55. The number of thioether (sulfide) groups is 1. The van der Waals surface area contributed by atoms with Crippen molar-refractivity contribution >= 4 is 11.8 Å². The Balaban J connectivity index is 2.14. The molecule has 0 aromatic heterocycles. The molecule has 0 aromatic rings. The van der Waals surface area contributed by atoms with Crippen molar-refractivity contribution < 1.29 is 0 Å². The largest absolute Gasteiger partial charge is 0.319 e. The van der Waals surface area contributed by atoms with Gasteiger partial charge in [-0.25, -0.2) is 0 Å². The van der Waals surface area contributed by atoms with Gasteiger partial charge in [0.1, 0.15) is 0 Å². The summed E-state index contributed by atoms with van der Waals surface area (Å²) in [6, 6.07) is 0. The van der Waals surface area contributed by atoms with E-state index in [0.717, 1.165) is 6.42 Å². The van der Waals surface area contributed by atoms with Crippen LogP contribution >= 0.6 is 11.8 Å². The Hall–Kier alpha value is -0.210. The van der Waals surface area contributed by atoms with E-state index in [1.165, 1.54) is 0 Å². The van der Waals surface area contributed by atoms with Gasteiger partial charge in [-0.05, 0) is 12.3 Å². The van der Waals surface area contributed by atoms with Gasteiger partial charge in [0.2, 0.25) is 0 Å². The van der Waals surface area contributed by atoms with Crippen molar-refractivity contribution in [3.05, 3.63) is 24.3 Å². The smallest absolute Gasteiger partial charge is 0.0519 e. The minimum atomic E-state index is 0.363. The van der Waals surface area contributed by atoms with Crippen molar-refractivity contribution in [2.75, 3.05) is 0 Å². The maximum Gasteiger partial charge on any atom is 0.0519 e. The highest BCUT2D eigenvalue weighted by Gasteiger charge is 2.29. The molecule has 0 aromatic carbocycles. The van der Waals surface area contributed by atoms with Crippen LogP contribution in [-0.4, -0.2) is 10.6 Å². The van der Waals surface area contributed by atoms with E-state index in [9.17, 15) is 0 Å². The van der Waals surface area contributed by atoms with Gasteiger partial charge in [0.15, 0.2) is 0 Å². The van der Waals surface area contributed by atoms with E-state index in [1.54, 1.807) is 0 Å². The molecule has 2 rings (SSSR count). The zero-order valence-electron chi connectivity index (χ0n) is 5.73. The lowest BCUT2D eigenvalue weighted by Gasteiger charge is -2.12. The summed E-state index contributed by atoms with van der Waals surface area (Å²) in [6.45, 7) is 0. The summed E-state index contributed by atoms with van der Waals surface area (Å²) < 4.78 is 0. The van der Waals surface area contributed by atoms with E-state index in [0.29, 0.717) is 16.5 Å². The zero-order chi connectivity index (χ0) is 6.97. The van der Waals surface area contributed by atoms with Crippen molar-refractivity contribution in [2.24, 2.45) is 11.7 Å². The van der Waals surface area contributed by atoms with Gasteiger partial charge in [0.05, 0.1) is 5.37 Å². The van der Waals surface area contributed by atoms with Crippen LogP contribution in [0.25, 0.3) is 0 Å². The number of hydrogen-bond acceptors (Lipinski definition) is 2. The molecule has 1 fully saturated rings. The maximum atomic E-state index is 5.79. The van der Waals surface area contributed by atoms with Crippen molar-refractivity contribution in [2.45, 2.75) is 17.0 Å². The molecular weight excluding hydrogens is 142 g/mol. The van der Waals surface area contributed by atoms with Gasteiger partial charge in [-0.15, -0.1) is 11.8 Å². The lowest BCUT2D eigenvalue weighted by molar-refractivity contribution is 0.634. The molecule has 10 heavy (non-hydrogen) atoms. The van der Waals surface area contributed by atoms with Gasteiger partial charge in [-0.2, -0.15) is 0 Å². The first kappa shape index (κ1) is 6.50. The van der Waals surface area contributed by atoms with E-state index >= 15 is 0 Å². The summed E-state index contributed by atoms with van der Waals surface area (Å²) >= 11 is 1.89. The molecule has 2 aliphatic rings. The Morgan fingerprint density at radius 2 is 2.10 bits per heavy atom. The summed E-state index contributed by atoms with van der Waals surface area (Å²) in [5.74, 6) is 0.713. The monoisotopic (exact) mass is 153 g/mol. The second kappa shape index (κ2) is 2.44. The summed E-state index contributed by atoms with van der Waals surface area (Å²) in [7, 11) is 0. The Labute approximate surface area is 65.4 Å². The third-order valence-corrected chi connectivity index (χ3v) is 3.39. The molecule has 1 aliphatic heterocycles. The predicted molar refractivity (Wildman–Crippen MR) is 45.7 cm³/mol. The molecule has 0 radical (unpaired) electrons. The molecule has 0 amide bonds. The van der Waals surface area contributed by atoms with Crippen LogP contribution < -0.4 is 5.73 Å². The van der Waals surface area contributed by atoms with Gasteiger partial charge >= 0.3 is 0 Å². The molecule has 0 bridgehead atoms. The summed E-state index contributed by atoms with van der Waals surface area (Å²) in [5.41, 5.74) is 5.79. The van der Waals surface area contributed by atoms with Crippen LogP contribution in [-0.2, 0) is 0 Å². The van der Waals surface area contributed by atoms with E-state index < -0.39 is 0 Å². The first-order chi connectivity index (χ1) is 4.86. The molecule has 1 heterocycles. The van der Waals surface area contributed by atoms with E-state index in [2.05, 4.69) is 24.3 Å². The molecule has 2 heteroatoms. The molecule has 2 N–H and O–H groups in total. The second-order valence-electron chi connectivity index (χ2n) is 2.81. The normalized spacial score (nSPS) is 43.9. The molecule has 1 aliphatic carbocycles. The van der Waals surface area contributed by atoms with E-state index in [4.69, 9.17) is 5.73 Å². The van der Waals surface area contributed by atoms with Gasteiger partial charge in [-0.3, -0.25) is 0 Å². The van der Waals surface area contributed by atoms with Gasteiger partial charge < -0.3 is 5.73 Å². The second-order valence-corrected chi connectivity index (χ2v) is 4.23. The average molecular weight is 153 g/mol. The van der Waals surface area contributed by atoms with Crippen LogP contribution in [0, 0.1) is 5.92 Å². The Morgan fingerprint density at radius 1 is 1.30 bits per heavy atom.